The average Bonchev–Trinajstić information content (AvgIpc) is 2.30. The van der Waals surface area contributed by atoms with Crippen molar-refractivity contribution in [2.75, 3.05) is 14.2 Å². The predicted octanol–water partition coefficient (Wildman–Crippen LogP) is 2.92. The van der Waals surface area contributed by atoms with E-state index in [2.05, 4.69) is 0 Å². The smallest absolute Gasteiger partial charge is 0.129 e. The fourth-order valence-corrected chi connectivity index (χ4v) is 1.89. The van der Waals surface area contributed by atoms with Crippen LogP contribution in [-0.2, 0) is 11.2 Å². The number of Topliss-reactive ketones (excluding diaryl/α,β-unsaturated/α-hetero) is 1. The molecule has 1 aromatic carbocycles. The summed E-state index contributed by atoms with van der Waals surface area (Å²) in [6, 6.07) is 3.88. The number of methoxy groups -OCH3 is 2. The number of aryl methyl sites for hydroxylation is 1. The molecule has 0 aliphatic heterocycles. The Hall–Kier alpha value is -1.51. The maximum atomic E-state index is 10.9. The second-order valence-corrected chi connectivity index (χ2v) is 4.18. The van der Waals surface area contributed by atoms with E-state index in [0.717, 1.165) is 35.5 Å². The molecule has 1 aromatic rings. The van der Waals surface area contributed by atoms with Crippen LogP contribution in [0.4, 0.5) is 0 Å². The third-order valence-electron chi connectivity index (χ3n) is 2.82. The van der Waals surface area contributed by atoms with Gasteiger partial charge in [0.05, 0.1) is 14.2 Å². The minimum Gasteiger partial charge on any atom is -0.497 e. The van der Waals surface area contributed by atoms with Crippen LogP contribution in [0.5, 0.6) is 11.5 Å². The van der Waals surface area contributed by atoms with E-state index in [4.69, 9.17) is 9.47 Å². The van der Waals surface area contributed by atoms with E-state index in [1.807, 2.05) is 19.1 Å². The van der Waals surface area contributed by atoms with Crippen molar-refractivity contribution in [2.45, 2.75) is 33.1 Å². The molecule has 0 spiro atoms. The molecule has 0 saturated heterocycles. The molecule has 0 aromatic heterocycles. The van der Waals surface area contributed by atoms with Crippen LogP contribution < -0.4 is 9.47 Å². The van der Waals surface area contributed by atoms with Crippen molar-refractivity contribution in [3.05, 3.63) is 23.3 Å². The Balaban J connectivity index is 2.86. The minimum atomic E-state index is 0.232. The molecule has 0 bridgehead atoms. The van der Waals surface area contributed by atoms with Crippen molar-refractivity contribution in [1.82, 2.24) is 0 Å². The lowest BCUT2D eigenvalue weighted by Gasteiger charge is -2.13. The van der Waals surface area contributed by atoms with E-state index in [0.29, 0.717) is 6.42 Å². The summed E-state index contributed by atoms with van der Waals surface area (Å²) >= 11 is 0. The molecule has 0 heterocycles. The Bertz CT molecular complexity index is 397. The third kappa shape index (κ3) is 3.77. The quantitative estimate of drug-likeness (QED) is 0.761. The van der Waals surface area contributed by atoms with Gasteiger partial charge in [-0.05, 0) is 43.9 Å². The highest BCUT2D eigenvalue weighted by atomic mass is 16.5. The van der Waals surface area contributed by atoms with Crippen molar-refractivity contribution in [3.63, 3.8) is 0 Å². The lowest BCUT2D eigenvalue weighted by atomic mass is 10.0. The number of carbonyl (C=O) groups excluding carboxylic acids is 1. The Morgan fingerprint density at radius 1 is 1.24 bits per heavy atom. The zero-order valence-electron chi connectivity index (χ0n) is 11.0. The molecule has 0 unspecified atom stereocenters. The van der Waals surface area contributed by atoms with Gasteiger partial charge in [-0.15, -0.1) is 0 Å². The molecule has 3 heteroatoms. The number of ketones is 1. The van der Waals surface area contributed by atoms with E-state index in [1.54, 1.807) is 21.1 Å². The predicted molar refractivity (Wildman–Crippen MR) is 67.9 cm³/mol. The lowest BCUT2D eigenvalue weighted by molar-refractivity contribution is -0.117. The van der Waals surface area contributed by atoms with Gasteiger partial charge in [-0.2, -0.15) is 0 Å². The molecule has 0 aliphatic carbocycles. The molecule has 0 aliphatic rings. The first-order valence-corrected chi connectivity index (χ1v) is 5.79. The van der Waals surface area contributed by atoms with Crippen LogP contribution >= 0.6 is 0 Å². The van der Waals surface area contributed by atoms with Gasteiger partial charge in [-0.3, -0.25) is 0 Å². The number of rotatable bonds is 6. The van der Waals surface area contributed by atoms with E-state index in [1.165, 1.54) is 0 Å². The molecule has 0 N–H and O–H groups in total. The van der Waals surface area contributed by atoms with Crippen LogP contribution in [-0.4, -0.2) is 20.0 Å². The Labute approximate surface area is 103 Å². The highest BCUT2D eigenvalue weighted by molar-refractivity contribution is 5.75. The maximum Gasteiger partial charge on any atom is 0.129 e. The SMILES string of the molecule is COc1cc(C)c(CCCC(C)=O)c(OC)c1. The van der Waals surface area contributed by atoms with Crippen LogP contribution in [0.1, 0.15) is 30.9 Å². The van der Waals surface area contributed by atoms with Crippen LogP contribution in [0.25, 0.3) is 0 Å². The van der Waals surface area contributed by atoms with Gasteiger partial charge in [0.1, 0.15) is 17.3 Å². The molecule has 0 amide bonds. The molecule has 0 fully saturated rings. The van der Waals surface area contributed by atoms with Crippen LogP contribution in [0.15, 0.2) is 12.1 Å². The zero-order valence-corrected chi connectivity index (χ0v) is 11.0. The van der Waals surface area contributed by atoms with Gasteiger partial charge in [0, 0.05) is 12.5 Å². The van der Waals surface area contributed by atoms with E-state index >= 15 is 0 Å². The first kappa shape index (κ1) is 13.6. The van der Waals surface area contributed by atoms with Gasteiger partial charge < -0.3 is 14.3 Å². The number of carbonyl (C=O) groups is 1. The van der Waals surface area contributed by atoms with Crippen molar-refractivity contribution in [2.24, 2.45) is 0 Å². The summed E-state index contributed by atoms with van der Waals surface area (Å²) in [7, 11) is 3.30. The van der Waals surface area contributed by atoms with Gasteiger partial charge in [-0.1, -0.05) is 0 Å². The second kappa shape index (κ2) is 6.28. The van der Waals surface area contributed by atoms with Crippen LogP contribution in [0.2, 0.25) is 0 Å². The third-order valence-corrected chi connectivity index (χ3v) is 2.82. The van der Waals surface area contributed by atoms with E-state index in [9.17, 15) is 4.79 Å². The summed E-state index contributed by atoms with van der Waals surface area (Å²) in [5, 5.41) is 0. The summed E-state index contributed by atoms with van der Waals surface area (Å²) in [5.41, 5.74) is 2.30. The normalized spacial score (nSPS) is 10.1. The van der Waals surface area contributed by atoms with Crippen LogP contribution in [0, 0.1) is 6.92 Å². The Kier molecular flexibility index (Phi) is 5.01. The maximum absolute atomic E-state index is 10.9. The summed E-state index contributed by atoms with van der Waals surface area (Å²) in [4.78, 5) is 10.9. The first-order chi connectivity index (χ1) is 8.08. The van der Waals surface area contributed by atoms with Gasteiger partial charge in [-0.25, -0.2) is 0 Å². The standard InChI is InChI=1S/C14H20O3/c1-10-8-12(16-3)9-14(17-4)13(10)7-5-6-11(2)15/h8-9H,5-7H2,1-4H3. The largest absolute Gasteiger partial charge is 0.497 e. The van der Waals surface area contributed by atoms with Gasteiger partial charge in [0.15, 0.2) is 0 Å². The average molecular weight is 236 g/mol. The van der Waals surface area contributed by atoms with E-state index in [-0.39, 0.29) is 5.78 Å². The van der Waals surface area contributed by atoms with Gasteiger partial charge in [0.2, 0.25) is 0 Å². The van der Waals surface area contributed by atoms with Crippen LogP contribution in [0.3, 0.4) is 0 Å². The topological polar surface area (TPSA) is 35.5 Å². The Morgan fingerprint density at radius 2 is 1.94 bits per heavy atom. The molecule has 0 radical (unpaired) electrons. The summed E-state index contributed by atoms with van der Waals surface area (Å²) in [6.45, 7) is 3.66. The first-order valence-electron chi connectivity index (χ1n) is 5.79. The van der Waals surface area contributed by atoms with E-state index < -0.39 is 0 Å². The molecule has 0 atom stereocenters. The summed E-state index contributed by atoms with van der Waals surface area (Å²) in [6.07, 6.45) is 2.34. The number of hydrogen-bond donors (Lipinski definition) is 0. The molecule has 94 valence electrons. The summed E-state index contributed by atoms with van der Waals surface area (Å²) in [5.74, 6) is 1.87. The molecular formula is C14H20O3. The highest BCUT2D eigenvalue weighted by Crippen LogP contribution is 2.29. The molecule has 1 rings (SSSR count). The lowest BCUT2D eigenvalue weighted by Crippen LogP contribution is -1.99. The molecule has 3 nitrogen and oxygen atoms in total. The zero-order chi connectivity index (χ0) is 12.8. The van der Waals surface area contributed by atoms with Crippen molar-refractivity contribution >= 4 is 5.78 Å². The minimum absolute atomic E-state index is 0.232. The number of hydrogen-bond acceptors (Lipinski definition) is 3. The van der Waals surface area contributed by atoms with Crippen molar-refractivity contribution in [3.8, 4) is 11.5 Å². The fourth-order valence-electron chi connectivity index (χ4n) is 1.89. The van der Waals surface area contributed by atoms with Crippen molar-refractivity contribution in [1.29, 1.82) is 0 Å². The molecule has 17 heavy (non-hydrogen) atoms. The van der Waals surface area contributed by atoms with Gasteiger partial charge >= 0.3 is 0 Å². The highest BCUT2D eigenvalue weighted by Gasteiger charge is 2.09. The number of ether oxygens (including phenoxy) is 2. The molecule has 0 saturated carbocycles. The monoisotopic (exact) mass is 236 g/mol. The second-order valence-electron chi connectivity index (χ2n) is 4.18. The molecular weight excluding hydrogens is 216 g/mol. The fraction of sp³-hybridized carbons (Fsp3) is 0.500. The van der Waals surface area contributed by atoms with Gasteiger partial charge in [0.25, 0.3) is 0 Å². The number of benzene rings is 1. The Morgan fingerprint density at radius 3 is 2.47 bits per heavy atom. The summed E-state index contributed by atoms with van der Waals surface area (Å²) < 4.78 is 10.6. The van der Waals surface area contributed by atoms with Crippen molar-refractivity contribution < 1.29 is 14.3 Å².